The molecule has 2 aromatic heterocycles. The third-order valence-electron chi connectivity index (χ3n) is 6.14. The molecule has 34 heavy (non-hydrogen) atoms. The number of carbonyl (C=O) groups excluding carboxylic acids is 1. The summed E-state index contributed by atoms with van der Waals surface area (Å²) in [5.41, 5.74) is 3.87. The lowest BCUT2D eigenvalue weighted by atomic mass is 10.1. The van der Waals surface area contributed by atoms with E-state index in [4.69, 9.17) is 0 Å². The summed E-state index contributed by atoms with van der Waals surface area (Å²) in [7, 11) is 0. The van der Waals surface area contributed by atoms with E-state index in [1.165, 1.54) is 12.1 Å². The largest absolute Gasteiger partial charge is 0.348 e. The Bertz CT molecular complexity index is 1520. The van der Waals surface area contributed by atoms with Gasteiger partial charge in [-0.15, -0.1) is 0 Å². The first kappa shape index (κ1) is 21.6. The van der Waals surface area contributed by atoms with Gasteiger partial charge in [-0.25, -0.2) is 9.07 Å². The Morgan fingerprint density at radius 2 is 1.56 bits per heavy atom. The van der Waals surface area contributed by atoms with E-state index in [2.05, 4.69) is 10.4 Å². The van der Waals surface area contributed by atoms with Gasteiger partial charge in [-0.1, -0.05) is 24.3 Å². The van der Waals surface area contributed by atoms with Gasteiger partial charge < -0.3 is 9.88 Å². The predicted octanol–water partition coefficient (Wildman–Crippen LogP) is 4.67. The first-order valence-electron chi connectivity index (χ1n) is 11.0. The first-order chi connectivity index (χ1) is 16.4. The topological polar surface area (TPSA) is 68.9 Å². The van der Waals surface area contributed by atoms with Gasteiger partial charge >= 0.3 is 0 Å². The third kappa shape index (κ3) is 3.75. The van der Waals surface area contributed by atoms with E-state index in [1.807, 2.05) is 54.8 Å². The lowest BCUT2D eigenvalue weighted by Gasteiger charge is -2.18. The van der Waals surface area contributed by atoms with Gasteiger partial charge in [-0.2, -0.15) is 5.10 Å². The summed E-state index contributed by atoms with van der Waals surface area (Å²) >= 11 is 0. The van der Waals surface area contributed by atoms with E-state index in [0.29, 0.717) is 21.8 Å². The molecule has 1 N–H and O–H groups in total. The highest BCUT2D eigenvalue weighted by atomic mass is 19.1. The van der Waals surface area contributed by atoms with Gasteiger partial charge in [0, 0.05) is 22.0 Å². The van der Waals surface area contributed by atoms with Crippen LogP contribution in [0.2, 0.25) is 0 Å². The number of fused-ring (bicyclic) bond motifs is 2. The molecule has 170 valence electrons. The second-order valence-electron chi connectivity index (χ2n) is 8.31. The Morgan fingerprint density at radius 3 is 2.18 bits per heavy atom. The van der Waals surface area contributed by atoms with E-state index in [1.54, 1.807) is 35.1 Å². The molecule has 5 aromatic rings. The molecule has 6 nitrogen and oxygen atoms in total. The quantitative estimate of drug-likeness (QED) is 0.393. The number of carbonyl (C=O) groups is 1. The molecule has 0 saturated carbocycles. The van der Waals surface area contributed by atoms with Gasteiger partial charge in [0.05, 0.1) is 29.0 Å². The fourth-order valence-electron chi connectivity index (χ4n) is 4.45. The van der Waals surface area contributed by atoms with Crippen molar-refractivity contribution < 1.29 is 9.18 Å². The summed E-state index contributed by atoms with van der Waals surface area (Å²) in [5, 5.41) is 8.64. The summed E-state index contributed by atoms with van der Waals surface area (Å²) in [5.74, 6) is -0.489. The minimum absolute atomic E-state index is 0.0416. The van der Waals surface area contributed by atoms with Crippen LogP contribution in [0.4, 0.5) is 4.39 Å². The number of rotatable bonds is 5. The molecule has 5 rings (SSSR count). The molecule has 7 heteroatoms. The molecule has 3 aromatic carbocycles. The van der Waals surface area contributed by atoms with Crippen LogP contribution < -0.4 is 10.7 Å². The number of hydrogen-bond acceptors (Lipinski definition) is 3. The van der Waals surface area contributed by atoms with Crippen LogP contribution in [0.5, 0.6) is 0 Å². The van der Waals surface area contributed by atoms with Gasteiger partial charge in [0.25, 0.3) is 0 Å². The van der Waals surface area contributed by atoms with Crippen LogP contribution in [0, 0.1) is 12.7 Å². The highest BCUT2D eigenvalue weighted by Crippen LogP contribution is 2.22. The molecule has 0 bridgehead atoms. The molecule has 0 fully saturated rings. The van der Waals surface area contributed by atoms with Crippen LogP contribution in [0.1, 0.15) is 24.2 Å². The highest BCUT2D eigenvalue weighted by molar-refractivity contribution is 5.94. The second-order valence-corrected chi connectivity index (χ2v) is 8.31. The number of hydrogen-bond donors (Lipinski definition) is 1. The minimum atomic E-state index is -0.308. The first-order valence-corrected chi connectivity index (χ1v) is 11.0. The molecule has 0 spiro atoms. The van der Waals surface area contributed by atoms with Gasteiger partial charge in [0.1, 0.15) is 12.4 Å². The highest BCUT2D eigenvalue weighted by Gasteiger charge is 2.18. The Balaban J connectivity index is 1.44. The van der Waals surface area contributed by atoms with Crippen LogP contribution >= 0.6 is 0 Å². The summed E-state index contributed by atoms with van der Waals surface area (Å²) in [6.45, 7) is 3.88. The van der Waals surface area contributed by atoms with Crippen molar-refractivity contribution in [1.82, 2.24) is 19.7 Å². The van der Waals surface area contributed by atoms with Crippen molar-refractivity contribution in [2.45, 2.75) is 26.4 Å². The number of benzene rings is 3. The average Bonchev–Trinajstić information content (AvgIpc) is 3.23. The molecule has 0 aliphatic heterocycles. The third-order valence-corrected chi connectivity index (χ3v) is 6.14. The number of aromatic nitrogens is 3. The molecular formula is C27H23FN4O2. The van der Waals surface area contributed by atoms with E-state index < -0.39 is 0 Å². The lowest BCUT2D eigenvalue weighted by Crippen LogP contribution is -2.31. The molecule has 0 aliphatic carbocycles. The molecule has 2 heterocycles. The Labute approximate surface area is 195 Å². The van der Waals surface area contributed by atoms with Crippen LogP contribution in [0.3, 0.4) is 0 Å². The maximum absolute atomic E-state index is 13.3. The fraction of sp³-hybridized carbons (Fsp3) is 0.148. The molecule has 0 saturated heterocycles. The van der Waals surface area contributed by atoms with Gasteiger partial charge in [-0.3, -0.25) is 9.59 Å². The Morgan fingerprint density at radius 1 is 0.971 bits per heavy atom. The minimum Gasteiger partial charge on any atom is -0.348 e. The smallest absolute Gasteiger partial charge is 0.240 e. The van der Waals surface area contributed by atoms with Crippen molar-refractivity contribution in [1.29, 1.82) is 0 Å². The van der Waals surface area contributed by atoms with Gasteiger partial charge in [0.2, 0.25) is 5.91 Å². The number of pyridine rings is 1. The summed E-state index contributed by atoms with van der Waals surface area (Å²) in [6, 6.07) is 20.5. The molecule has 0 aliphatic rings. The maximum Gasteiger partial charge on any atom is 0.240 e. The number of amides is 1. The standard InChI is InChI=1S/C27H23FN4O2/c1-17(23-15-29-32(18(23)2)20-13-11-19(28)12-14-20)30-26(33)16-31-24-9-5-3-7-21(24)27(34)22-8-4-6-10-25(22)31/h3-15,17H,16H2,1-2H3,(H,30,33)/t17-/m0/s1. The van der Waals surface area contributed by atoms with Crippen molar-refractivity contribution >= 4 is 27.7 Å². The van der Waals surface area contributed by atoms with Crippen molar-refractivity contribution in [3.05, 3.63) is 106 Å². The normalized spacial score (nSPS) is 12.2. The molecule has 1 amide bonds. The van der Waals surface area contributed by atoms with Crippen LogP contribution in [-0.2, 0) is 11.3 Å². The lowest BCUT2D eigenvalue weighted by molar-refractivity contribution is -0.122. The zero-order chi connectivity index (χ0) is 23.8. The summed E-state index contributed by atoms with van der Waals surface area (Å²) in [6.07, 6.45) is 1.72. The summed E-state index contributed by atoms with van der Waals surface area (Å²) in [4.78, 5) is 26.0. The SMILES string of the molecule is Cc1c([C@H](C)NC(=O)Cn2c3ccccc3c(=O)c3ccccc32)cnn1-c1ccc(F)cc1. The molecule has 0 radical (unpaired) electrons. The van der Waals surface area contributed by atoms with E-state index in [0.717, 1.165) is 16.9 Å². The fourth-order valence-corrected chi connectivity index (χ4v) is 4.45. The second kappa shape index (κ2) is 8.59. The van der Waals surface area contributed by atoms with Crippen LogP contribution in [0.15, 0.2) is 83.8 Å². The Hall–Kier alpha value is -4.26. The number of halogens is 1. The Kier molecular flexibility index (Phi) is 5.45. The maximum atomic E-state index is 13.3. The number of nitrogens with zero attached hydrogens (tertiary/aromatic N) is 3. The average molecular weight is 455 g/mol. The van der Waals surface area contributed by atoms with Crippen molar-refractivity contribution in [2.24, 2.45) is 0 Å². The molecule has 1 atom stereocenters. The van der Waals surface area contributed by atoms with Crippen LogP contribution in [-0.4, -0.2) is 20.3 Å². The molecule has 0 unspecified atom stereocenters. The van der Waals surface area contributed by atoms with Crippen molar-refractivity contribution in [2.75, 3.05) is 0 Å². The van der Waals surface area contributed by atoms with E-state index >= 15 is 0 Å². The van der Waals surface area contributed by atoms with Gasteiger partial charge in [0.15, 0.2) is 5.43 Å². The van der Waals surface area contributed by atoms with Crippen molar-refractivity contribution in [3.8, 4) is 5.69 Å². The monoisotopic (exact) mass is 454 g/mol. The molecular weight excluding hydrogens is 431 g/mol. The zero-order valence-corrected chi connectivity index (χ0v) is 18.8. The predicted molar refractivity (Wildman–Crippen MR) is 131 cm³/mol. The number of para-hydroxylation sites is 2. The number of nitrogens with one attached hydrogen (secondary N) is 1. The van der Waals surface area contributed by atoms with Gasteiger partial charge in [-0.05, 0) is 62.4 Å². The van der Waals surface area contributed by atoms with Crippen molar-refractivity contribution in [3.63, 3.8) is 0 Å². The summed E-state index contributed by atoms with van der Waals surface area (Å²) < 4.78 is 16.9. The van der Waals surface area contributed by atoms with E-state index in [9.17, 15) is 14.0 Å². The zero-order valence-electron chi connectivity index (χ0n) is 18.8. The van der Waals surface area contributed by atoms with E-state index in [-0.39, 0.29) is 29.7 Å². The van der Waals surface area contributed by atoms with Crippen LogP contribution in [0.25, 0.3) is 27.5 Å².